The summed E-state index contributed by atoms with van der Waals surface area (Å²) in [6.45, 7) is 0.754. The fourth-order valence-electron chi connectivity index (χ4n) is 2.01. The Balaban J connectivity index is 2.02. The summed E-state index contributed by atoms with van der Waals surface area (Å²) in [5.41, 5.74) is 9.43. The van der Waals surface area contributed by atoms with Gasteiger partial charge in [0, 0.05) is 5.02 Å². The molecule has 2 aromatic carbocycles. The lowest BCUT2D eigenvalue weighted by Gasteiger charge is -2.05. The Morgan fingerprint density at radius 2 is 1.61 bits per heavy atom. The van der Waals surface area contributed by atoms with E-state index in [-0.39, 0.29) is 0 Å². The molecular formula is C16H18ClN. The third-order valence-electron chi connectivity index (χ3n) is 2.99. The third kappa shape index (κ3) is 3.86. The Hall–Kier alpha value is -1.31. The Morgan fingerprint density at radius 1 is 0.889 bits per heavy atom. The van der Waals surface area contributed by atoms with Crippen molar-refractivity contribution in [3.05, 3.63) is 70.2 Å². The molecule has 0 radical (unpaired) electrons. The molecule has 2 rings (SSSR count). The highest BCUT2D eigenvalue weighted by molar-refractivity contribution is 6.30. The van der Waals surface area contributed by atoms with Crippen LogP contribution in [0, 0.1) is 0 Å². The molecule has 0 amide bonds. The predicted molar refractivity (Wildman–Crippen MR) is 78.1 cm³/mol. The molecule has 0 aliphatic carbocycles. The Kier molecular flexibility index (Phi) is 4.80. The van der Waals surface area contributed by atoms with Gasteiger partial charge in [0.1, 0.15) is 0 Å². The first-order valence-corrected chi connectivity index (χ1v) is 6.68. The minimum absolute atomic E-state index is 0.754. The molecule has 0 bridgehead atoms. The second kappa shape index (κ2) is 6.58. The van der Waals surface area contributed by atoms with Crippen molar-refractivity contribution >= 4 is 11.6 Å². The van der Waals surface area contributed by atoms with Crippen LogP contribution in [0.1, 0.15) is 23.1 Å². The van der Waals surface area contributed by atoms with Crippen molar-refractivity contribution in [1.82, 2.24) is 0 Å². The van der Waals surface area contributed by atoms with Crippen LogP contribution >= 0.6 is 11.6 Å². The smallest absolute Gasteiger partial charge is 0.0408 e. The minimum atomic E-state index is 0.754. The SMILES string of the molecule is NCCCc1ccc(Cc2cccc(Cl)c2)cc1. The van der Waals surface area contributed by atoms with Crippen LogP contribution in [0.25, 0.3) is 0 Å². The summed E-state index contributed by atoms with van der Waals surface area (Å²) in [5.74, 6) is 0. The van der Waals surface area contributed by atoms with Gasteiger partial charge in [-0.1, -0.05) is 48.0 Å². The number of hydrogen-bond donors (Lipinski definition) is 1. The molecule has 0 aliphatic rings. The Morgan fingerprint density at radius 3 is 2.28 bits per heavy atom. The van der Waals surface area contributed by atoms with Crippen LogP contribution in [0.2, 0.25) is 5.02 Å². The van der Waals surface area contributed by atoms with Crippen LogP contribution in [0.5, 0.6) is 0 Å². The van der Waals surface area contributed by atoms with E-state index in [1.54, 1.807) is 0 Å². The van der Waals surface area contributed by atoms with Crippen molar-refractivity contribution in [3.63, 3.8) is 0 Å². The largest absolute Gasteiger partial charge is 0.330 e. The average Bonchev–Trinajstić information content (AvgIpc) is 2.38. The first-order valence-electron chi connectivity index (χ1n) is 6.30. The zero-order valence-electron chi connectivity index (χ0n) is 10.4. The van der Waals surface area contributed by atoms with Gasteiger partial charge in [-0.3, -0.25) is 0 Å². The average molecular weight is 260 g/mol. The number of benzene rings is 2. The van der Waals surface area contributed by atoms with Gasteiger partial charge in [-0.25, -0.2) is 0 Å². The van der Waals surface area contributed by atoms with Crippen molar-refractivity contribution < 1.29 is 0 Å². The highest BCUT2D eigenvalue weighted by Crippen LogP contribution is 2.15. The van der Waals surface area contributed by atoms with Crippen molar-refractivity contribution in [1.29, 1.82) is 0 Å². The van der Waals surface area contributed by atoms with E-state index in [2.05, 4.69) is 30.3 Å². The monoisotopic (exact) mass is 259 g/mol. The van der Waals surface area contributed by atoms with Gasteiger partial charge in [0.25, 0.3) is 0 Å². The van der Waals surface area contributed by atoms with Gasteiger partial charge in [0.2, 0.25) is 0 Å². The summed E-state index contributed by atoms with van der Waals surface area (Å²) in [6.07, 6.45) is 3.04. The van der Waals surface area contributed by atoms with Crippen LogP contribution < -0.4 is 5.73 Å². The zero-order valence-corrected chi connectivity index (χ0v) is 11.2. The van der Waals surface area contributed by atoms with Crippen molar-refractivity contribution in [2.75, 3.05) is 6.54 Å². The first-order chi connectivity index (χ1) is 8.78. The van der Waals surface area contributed by atoms with Crippen LogP contribution in [-0.4, -0.2) is 6.54 Å². The molecule has 0 saturated heterocycles. The summed E-state index contributed by atoms with van der Waals surface area (Å²) in [5, 5.41) is 0.798. The Labute approximate surface area is 114 Å². The summed E-state index contributed by atoms with van der Waals surface area (Å²) in [6, 6.07) is 16.8. The number of hydrogen-bond acceptors (Lipinski definition) is 1. The molecule has 94 valence electrons. The van der Waals surface area contributed by atoms with Crippen molar-refractivity contribution in [2.45, 2.75) is 19.3 Å². The molecule has 0 aliphatic heterocycles. The van der Waals surface area contributed by atoms with Gasteiger partial charge in [0.15, 0.2) is 0 Å². The predicted octanol–water partition coefficient (Wildman–Crippen LogP) is 3.82. The topological polar surface area (TPSA) is 26.0 Å². The maximum atomic E-state index is 5.98. The molecule has 2 N–H and O–H groups in total. The summed E-state index contributed by atoms with van der Waals surface area (Å²) in [7, 11) is 0. The molecule has 1 nitrogen and oxygen atoms in total. The fraction of sp³-hybridized carbons (Fsp3) is 0.250. The maximum Gasteiger partial charge on any atom is 0.0408 e. The standard InChI is InChI=1S/C16H18ClN/c17-16-5-1-3-15(12-16)11-14-8-6-13(7-9-14)4-2-10-18/h1,3,5-9,12H,2,4,10-11,18H2. The fourth-order valence-corrected chi connectivity index (χ4v) is 2.23. The van der Waals surface area contributed by atoms with Gasteiger partial charge in [-0.2, -0.15) is 0 Å². The van der Waals surface area contributed by atoms with Crippen molar-refractivity contribution in [2.24, 2.45) is 5.73 Å². The lowest BCUT2D eigenvalue weighted by molar-refractivity contribution is 0.832. The van der Waals surface area contributed by atoms with Crippen LogP contribution in [0.4, 0.5) is 0 Å². The van der Waals surface area contributed by atoms with Crippen LogP contribution in [0.15, 0.2) is 48.5 Å². The molecule has 18 heavy (non-hydrogen) atoms. The molecule has 0 fully saturated rings. The van der Waals surface area contributed by atoms with E-state index in [9.17, 15) is 0 Å². The highest BCUT2D eigenvalue weighted by atomic mass is 35.5. The summed E-state index contributed by atoms with van der Waals surface area (Å²) >= 11 is 5.98. The molecule has 0 saturated carbocycles. The molecule has 0 spiro atoms. The molecule has 2 heteroatoms. The molecule has 0 atom stereocenters. The van der Waals surface area contributed by atoms with E-state index in [0.717, 1.165) is 30.8 Å². The molecule has 0 heterocycles. The van der Waals surface area contributed by atoms with E-state index in [4.69, 9.17) is 17.3 Å². The van der Waals surface area contributed by atoms with Gasteiger partial charge in [-0.15, -0.1) is 0 Å². The number of rotatable bonds is 5. The van der Waals surface area contributed by atoms with E-state index in [1.165, 1.54) is 16.7 Å². The molecular weight excluding hydrogens is 242 g/mol. The third-order valence-corrected chi connectivity index (χ3v) is 3.22. The lowest BCUT2D eigenvalue weighted by Crippen LogP contribution is -2.00. The zero-order chi connectivity index (χ0) is 12.8. The van der Waals surface area contributed by atoms with Crippen LogP contribution in [0.3, 0.4) is 0 Å². The van der Waals surface area contributed by atoms with E-state index < -0.39 is 0 Å². The Bertz CT molecular complexity index is 491. The molecule has 0 aromatic heterocycles. The quantitative estimate of drug-likeness (QED) is 0.868. The van der Waals surface area contributed by atoms with E-state index in [0.29, 0.717) is 0 Å². The highest BCUT2D eigenvalue weighted by Gasteiger charge is 1.98. The summed E-state index contributed by atoms with van der Waals surface area (Å²) in [4.78, 5) is 0. The van der Waals surface area contributed by atoms with Gasteiger partial charge in [-0.05, 0) is 54.6 Å². The van der Waals surface area contributed by atoms with Gasteiger partial charge >= 0.3 is 0 Å². The second-order valence-electron chi connectivity index (χ2n) is 4.52. The van der Waals surface area contributed by atoms with E-state index in [1.807, 2.05) is 18.2 Å². The first kappa shape index (κ1) is 13.1. The normalized spacial score (nSPS) is 10.6. The minimum Gasteiger partial charge on any atom is -0.330 e. The molecule has 2 aromatic rings. The number of nitrogens with two attached hydrogens (primary N) is 1. The number of halogens is 1. The van der Waals surface area contributed by atoms with Gasteiger partial charge in [0.05, 0.1) is 0 Å². The van der Waals surface area contributed by atoms with E-state index >= 15 is 0 Å². The number of aryl methyl sites for hydroxylation is 1. The summed E-state index contributed by atoms with van der Waals surface area (Å²) < 4.78 is 0. The second-order valence-corrected chi connectivity index (χ2v) is 4.95. The van der Waals surface area contributed by atoms with Crippen molar-refractivity contribution in [3.8, 4) is 0 Å². The van der Waals surface area contributed by atoms with Crippen LogP contribution in [-0.2, 0) is 12.8 Å². The van der Waals surface area contributed by atoms with Gasteiger partial charge < -0.3 is 5.73 Å². The lowest BCUT2D eigenvalue weighted by atomic mass is 10.0. The maximum absolute atomic E-state index is 5.98. The molecule has 0 unspecified atom stereocenters.